The molecule has 9 nitrogen and oxygen atoms in total. The molecule has 168 valence electrons. The summed E-state index contributed by atoms with van der Waals surface area (Å²) in [7, 11) is 1.57. The van der Waals surface area contributed by atoms with Gasteiger partial charge in [-0.2, -0.15) is 4.98 Å². The second-order valence-electron chi connectivity index (χ2n) is 7.26. The molecule has 1 aromatic carbocycles. The van der Waals surface area contributed by atoms with Crippen LogP contribution in [0.1, 0.15) is 18.3 Å². The molecule has 0 spiro atoms. The molecule has 3 rings (SSSR count). The molecule has 1 amide bonds. The molecule has 0 radical (unpaired) electrons. The summed E-state index contributed by atoms with van der Waals surface area (Å²) in [5.41, 5.74) is 1.05. The number of amides is 1. The van der Waals surface area contributed by atoms with Crippen molar-refractivity contribution in [1.82, 2.24) is 15.3 Å². The zero-order valence-corrected chi connectivity index (χ0v) is 18.5. The quantitative estimate of drug-likeness (QED) is 0.603. The van der Waals surface area contributed by atoms with E-state index >= 15 is 0 Å². The molecule has 0 saturated carbocycles. The largest absolute Gasteiger partial charge is 0.493 e. The minimum atomic E-state index is -0.675. The molecule has 1 atom stereocenters. The number of hydrogen-bond acceptors (Lipinski definition) is 8. The summed E-state index contributed by atoms with van der Waals surface area (Å²) in [5.74, 6) is 2.83. The Bertz CT molecular complexity index is 886. The maximum absolute atomic E-state index is 12.4. The number of rotatable bonds is 9. The fourth-order valence-corrected chi connectivity index (χ4v) is 3.14. The van der Waals surface area contributed by atoms with E-state index in [1.165, 1.54) is 0 Å². The lowest BCUT2D eigenvalue weighted by Crippen LogP contribution is -2.38. The van der Waals surface area contributed by atoms with E-state index in [0.717, 1.165) is 24.5 Å². The third-order valence-electron chi connectivity index (χ3n) is 4.78. The van der Waals surface area contributed by atoms with E-state index in [1.807, 2.05) is 32.0 Å². The standard InChI is InChI=1S/C22H30N4O5/c1-15-5-6-18(19(13-15)28-4)31-16(2)22(27)23-7-10-30-21-14-20(24-17(3)25-21)26-8-11-29-12-9-26/h5-6,13-14,16H,7-12H2,1-4H3,(H,23,27). The summed E-state index contributed by atoms with van der Waals surface area (Å²) in [5, 5.41) is 2.81. The summed E-state index contributed by atoms with van der Waals surface area (Å²) >= 11 is 0. The molecular formula is C22H30N4O5. The number of nitrogens with zero attached hydrogens (tertiary/aromatic N) is 3. The van der Waals surface area contributed by atoms with Gasteiger partial charge in [-0.15, -0.1) is 0 Å². The smallest absolute Gasteiger partial charge is 0.260 e. The van der Waals surface area contributed by atoms with E-state index in [4.69, 9.17) is 18.9 Å². The molecule has 1 saturated heterocycles. The molecule has 1 fully saturated rings. The van der Waals surface area contributed by atoms with Crippen LogP contribution in [0.2, 0.25) is 0 Å². The fraction of sp³-hybridized carbons (Fsp3) is 0.500. The Morgan fingerprint density at radius 2 is 1.97 bits per heavy atom. The van der Waals surface area contributed by atoms with E-state index in [2.05, 4.69) is 20.2 Å². The Morgan fingerprint density at radius 1 is 1.19 bits per heavy atom. The van der Waals surface area contributed by atoms with E-state index in [9.17, 15) is 4.79 Å². The number of anilines is 1. The molecule has 1 aromatic heterocycles. The molecule has 31 heavy (non-hydrogen) atoms. The number of aryl methyl sites for hydroxylation is 2. The molecular weight excluding hydrogens is 400 g/mol. The second-order valence-corrected chi connectivity index (χ2v) is 7.26. The van der Waals surface area contributed by atoms with Crippen molar-refractivity contribution >= 4 is 11.7 Å². The third kappa shape index (κ3) is 6.45. The molecule has 0 aliphatic carbocycles. The number of hydrogen-bond donors (Lipinski definition) is 1. The zero-order valence-electron chi connectivity index (χ0n) is 18.5. The zero-order chi connectivity index (χ0) is 22.2. The van der Waals surface area contributed by atoms with Crippen molar-refractivity contribution in [2.45, 2.75) is 26.9 Å². The van der Waals surface area contributed by atoms with Crippen molar-refractivity contribution in [2.24, 2.45) is 0 Å². The van der Waals surface area contributed by atoms with Gasteiger partial charge >= 0.3 is 0 Å². The molecule has 2 heterocycles. The number of benzene rings is 1. The van der Waals surface area contributed by atoms with Gasteiger partial charge in [0.15, 0.2) is 17.6 Å². The van der Waals surface area contributed by atoms with Crippen molar-refractivity contribution in [3.63, 3.8) is 0 Å². The van der Waals surface area contributed by atoms with Crippen molar-refractivity contribution in [1.29, 1.82) is 0 Å². The molecule has 9 heteroatoms. The van der Waals surface area contributed by atoms with Gasteiger partial charge in [-0.3, -0.25) is 4.79 Å². The van der Waals surface area contributed by atoms with Crippen LogP contribution in [-0.2, 0) is 9.53 Å². The first-order valence-corrected chi connectivity index (χ1v) is 10.4. The molecule has 1 aliphatic rings. The Morgan fingerprint density at radius 3 is 2.71 bits per heavy atom. The van der Waals surface area contributed by atoms with Crippen LogP contribution >= 0.6 is 0 Å². The van der Waals surface area contributed by atoms with E-state index in [-0.39, 0.29) is 12.5 Å². The first-order chi connectivity index (χ1) is 15.0. The van der Waals surface area contributed by atoms with Gasteiger partial charge in [0.1, 0.15) is 18.2 Å². The first-order valence-electron chi connectivity index (χ1n) is 10.4. The predicted octanol–water partition coefficient (Wildman–Crippen LogP) is 1.90. The van der Waals surface area contributed by atoms with Gasteiger partial charge in [-0.25, -0.2) is 4.98 Å². The second kappa shape index (κ2) is 10.8. The first kappa shape index (κ1) is 22.6. The highest BCUT2D eigenvalue weighted by molar-refractivity contribution is 5.80. The van der Waals surface area contributed by atoms with Crippen molar-refractivity contribution in [3.05, 3.63) is 35.7 Å². The highest BCUT2D eigenvalue weighted by Crippen LogP contribution is 2.28. The highest BCUT2D eigenvalue weighted by atomic mass is 16.5. The van der Waals surface area contributed by atoms with Crippen LogP contribution in [0.15, 0.2) is 24.3 Å². The molecule has 2 aromatic rings. The highest BCUT2D eigenvalue weighted by Gasteiger charge is 2.17. The number of nitrogens with one attached hydrogen (secondary N) is 1. The number of carbonyl (C=O) groups is 1. The third-order valence-corrected chi connectivity index (χ3v) is 4.78. The maximum atomic E-state index is 12.4. The monoisotopic (exact) mass is 430 g/mol. The molecule has 0 bridgehead atoms. The summed E-state index contributed by atoms with van der Waals surface area (Å²) in [6, 6.07) is 7.38. The van der Waals surface area contributed by atoms with Gasteiger partial charge in [-0.1, -0.05) is 6.07 Å². The van der Waals surface area contributed by atoms with Crippen molar-refractivity contribution in [3.8, 4) is 17.4 Å². The van der Waals surface area contributed by atoms with Crippen LogP contribution in [0.4, 0.5) is 5.82 Å². The Hall–Kier alpha value is -3.07. The number of aromatic nitrogens is 2. The Kier molecular flexibility index (Phi) is 7.88. The van der Waals surface area contributed by atoms with Crippen molar-refractivity contribution < 1.29 is 23.7 Å². The normalized spacial score (nSPS) is 14.6. The van der Waals surface area contributed by atoms with Crippen LogP contribution in [-0.4, -0.2) is 68.5 Å². The van der Waals surface area contributed by atoms with Crippen LogP contribution in [0.5, 0.6) is 17.4 Å². The lowest BCUT2D eigenvalue weighted by molar-refractivity contribution is -0.127. The number of methoxy groups -OCH3 is 1. The summed E-state index contributed by atoms with van der Waals surface area (Å²) in [6.45, 7) is 9.03. The summed E-state index contributed by atoms with van der Waals surface area (Å²) in [4.78, 5) is 23.3. The number of ether oxygens (including phenoxy) is 4. The van der Waals surface area contributed by atoms with Gasteiger partial charge < -0.3 is 29.2 Å². The van der Waals surface area contributed by atoms with Gasteiger partial charge in [0.2, 0.25) is 5.88 Å². The molecule has 1 N–H and O–H groups in total. The lowest BCUT2D eigenvalue weighted by Gasteiger charge is -2.28. The topological polar surface area (TPSA) is 95.0 Å². The lowest BCUT2D eigenvalue weighted by atomic mass is 10.2. The number of morpholine rings is 1. The van der Waals surface area contributed by atoms with Crippen LogP contribution < -0.4 is 24.4 Å². The van der Waals surface area contributed by atoms with E-state index < -0.39 is 6.10 Å². The average Bonchev–Trinajstić information content (AvgIpc) is 2.77. The molecule has 1 unspecified atom stereocenters. The van der Waals surface area contributed by atoms with Crippen LogP contribution in [0.25, 0.3) is 0 Å². The minimum absolute atomic E-state index is 0.237. The van der Waals surface area contributed by atoms with Gasteiger partial charge in [0.05, 0.1) is 26.9 Å². The summed E-state index contributed by atoms with van der Waals surface area (Å²) in [6.07, 6.45) is -0.675. The minimum Gasteiger partial charge on any atom is -0.493 e. The summed E-state index contributed by atoms with van der Waals surface area (Å²) < 4.78 is 22.2. The van der Waals surface area contributed by atoms with Crippen LogP contribution in [0.3, 0.4) is 0 Å². The van der Waals surface area contributed by atoms with Crippen LogP contribution in [0, 0.1) is 13.8 Å². The average molecular weight is 431 g/mol. The van der Waals surface area contributed by atoms with E-state index in [0.29, 0.717) is 43.0 Å². The predicted molar refractivity (Wildman–Crippen MR) is 116 cm³/mol. The SMILES string of the molecule is COc1cc(C)ccc1OC(C)C(=O)NCCOc1cc(N2CCOCC2)nc(C)n1. The Balaban J connectivity index is 1.47. The van der Waals surface area contributed by atoms with E-state index in [1.54, 1.807) is 20.1 Å². The molecule has 1 aliphatic heterocycles. The van der Waals surface area contributed by atoms with Gasteiger partial charge in [0, 0.05) is 19.2 Å². The van der Waals surface area contributed by atoms with Gasteiger partial charge in [0.25, 0.3) is 5.91 Å². The Labute approximate surface area is 182 Å². The maximum Gasteiger partial charge on any atom is 0.260 e. The number of carbonyl (C=O) groups excluding carboxylic acids is 1. The van der Waals surface area contributed by atoms with Gasteiger partial charge in [-0.05, 0) is 38.5 Å². The fourth-order valence-electron chi connectivity index (χ4n) is 3.14. The van der Waals surface area contributed by atoms with Crippen molar-refractivity contribution in [2.75, 3.05) is 51.5 Å².